The lowest BCUT2D eigenvalue weighted by atomic mass is 10.1. The number of carbonyl (C=O) groups is 1. The highest BCUT2D eigenvalue weighted by Gasteiger charge is 2.33. The summed E-state index contributed by atoms with van der Waals surface area (Å²) < 4.78 is 43.9. The Kier molecular flexibility index (Phi) is 6.65. The molecule has 1 saturated heterocycles. The fourth-order valence-corrected chi connectivity index (χ4v) is 2.27. The van der Waals surface area contributed by atoms with Crippen LogP contribution in [0.3, 0.4) is 0 Å². The minimum Gasteiger partial charge on any atom is -0.375 e. The van der Waals surface area contributed by atoms with Crippen molar-refractivity contribution < 1.29 is 22.7 Å². The molecule has 124 valence electrons. The van der Waals surface area contributed by atoms with Crippen molar-refractivity contribution in [2.24, 2.45) is 0 Å². The van der Waals surface area contributed by atoms with Crippen LogP contribution in [0.2, 0.25) is 0 Å². The largest absolute Gasteiger partial charge is 0.416 e. The molecule has 1 heterocycles. The maximum atomic E-state index is 12.8. The molecule has 0 aromatic heterocycles. The molecule has 1 aromatic rings. The zero-order chi connectivity index (χ0) is 15.5. The normalized spacial score (nSPS) is 21.8. The summed E-state index contributed by atoms with van der Waals surface area (Å²) in [5, 5.41) is 5.52. The van der Waals surface area contributed by atoms with Crippen LogP contribution in [0.1, 0.15) is 18.1 Å². The molecule has 0 spiro atoms. The molecule has 1 aromatic carbocycles. The van der Waals surface area contributed by atoms with Gasteiger partial charge in [-0.3, -0.25) is 4.79 Å². The van der Waals surface area contributed by atoms with Gasteiger partial charge >= 0.3 is 6.18 Å². The van der Waals surface area contributed by atoms with E-state index in [0.717, 1.165) is 6.07 Å². The lowest BCUT2D eigenvalue weighted by molar-refractivity contribution is -0.138. The summed E-state index contributed by atoms with van der Waals surface area (Å²) in [7, 11) is 0. The average Bonchev–Trinajstić information content (AvgIpc) is 2.44. The molecule has 2 rings (SSSR count). The molecule has 1 fully saturated rings. The van der Waals surface area contributed by atoms with Crippen molar-refractivity contribution in [2.45, 2.75) is 31.8 Å². The molecule has 0 radical (unpaired) electrons. The van der Waals surface area contributed by atoms with Crippen LogP contribution in [0, 0.1) is 0 Å². The molecule has 8 heteroatoms. The maximum absolute atomic E-state index is 12.8. The second-order valence-corrected chi connectivity index (χ2v) is 4.88. The zero-order valence-electron chi connectivity index (χ0n) is 11.9. The van der Waals surface area contributed by atoms with Crippen molar-refractivity contribution in [3.8, 4) is 0 Å². The number of morpholine rings is 1. The number of alkyl halides is 3. The first-order valence-corrected chi connectivity index (χ1v) is 6.67. The van der Waals surface area contributed by atoms with Gasteiger partial charge in [0.2, 0.25) is 5.91 Å². The Morgan fingerprint density at radius 2 is 2.09 bits per heavy atom. The summed E-state index contributed by atoms with van der Waals surface area (Å²) in [6, 6.07) is 4.66. The second-order valence-electron chi connectivity index (χ2n) is 4.88. The molecule has 0 aliphatic carbocycles. The van der Waals surface area contributed by atoms with E-state index in [1.165, 1.54) is 18.2 Å². The molecule has 2 N–H and O–H groups in total. The highest BCUT2D eigenvalue weighted by atomic mass is 35.5. The van der Waals surface area contributed by atoms with Crippen LogP contribution in [0.4, 0.5) is 13.2 Å². The lowest BCUT2D eigenvalue weighted by Gasteiger charge is -2.29. The van der Waals surface area contributed by atoms with Crippen LogP contribution in [-0.4, -0.2) is 31.2 Å². The van der Waals surface area contributed by atoms with Gasteiger partial charge < -0.3 is 15.4 Å². The standard InChI is InChI=1S/C14H17F3N2O2.ClH/c1-9-12(18-6-7-21-9)13(20)19-8-10-4-2-3-5-11(10)14(15,16)17;/h2-5,9,12,18H,6-8H2,1H3,(H,19,20);1H/t9-,12+;/m1./s1. The number of hydrogen-bond acceptors (Lipinski definition) is 3. The van der Waals surface area contributed by atoms with Gasteiger partial charge in [0.15, 0.2) is 0 Å². The molecule has 1 aliphatic rings. The van der Waals surface area contributed by atoms with E-state index in [4.69, 9.17) is 4.74 Å². The number of halogens is 4. The van der Waals surface area contributed by atoms with Crippen LogP contribution in [-0.2, 0) is 22.3 Å². The molecule has 0 bridgehead atoms. The monoisotopic (exact) mass is 338 g/mol. The topological polar surface area (TPSA) is 50.4 Å². The molecule has 1 aliphatic heterocycles. The van der Waals surface area contributed by atoms with E-state index in [9.17, 15) is 18.0 Å². The molecular weight excluding hydrogens is 321 g/mol. The Bertz CT molecular complexity index is 511. The van der Waals surface area contributed by atoms with Gasteiger partial charge in [-0.15, -0.1) is 12.4 Å². The minimum atomic E-state index is -4.43. The molecule has 2 atom stereocenters. The smallest absolute Gasteiger partial charge is 0.375 e. The highest BCUT2D eigenvalue weighted by molar-refractivity contribution is 5.85. The first-order valence-electron chi connectivity index (χ1n) is 6.67. The Morgan fingerprint density at radius 3 is 2.73 bits per heavy atom. The van der Waals surface area contributed by atoms with Gasteiger partial charge in [-0.05, 0) is 18.6 Å². The Morgan fingerprint density at radius 1 is 1.41 bits per heavy atom. The fourth-order valence-electron chi connectivity index (χ4n) is 2.27. The van der Waals surface area contributed by atoms with Crippen molar-refractivity contribution >= 4 is 18.3 Å². The highest BCUT2D eigenvalue weighted by Crippen LogP contribution is 2.31. The van der Waals surface area contributed by atoms with Gasteiger partial charge in [-0.2, -0.15) is 13.2 Å². The van der Waals surface area contributed by atoms with E-state index in [0.29, 0.717) is 13.2 Å². The summed E-state index contributed by atoms with van der Waals surface area (Å²) in [4.78, 5) is 12.0. The molecule has 4 nitrogen and oxygen atoms in total. The first kappa shape index (κ1) is 18.7. The van der Waals surface area contributed by atoms with Gasteiger partial charge in [-0.25, -0.2) is 0 Å². The summed E-state index contributed by atoms with van der Waals surface area (Å²) in [6.07, 6.45) is -4.74. The number of carbonyl (C=O) groups excluding carboxylic acids is 1. The number of rotatable bonds is 3. The van der Waals surface area contributed by atoms with Crippen LogP contribution >= 0.6 is 12.4 Å². The predicted octanol–water partition coefficient (Wildman–Crippen LogP) is 2.12. The van der Waals surface area contributed by atoms with Gasteiger partial charge in [-0.1, -0.05) is 18.2 Å². The zero-order valence-corrected chi connectivity index (χ0v) is 12.8. The summed E-state index contributed by atoms with van der Waals surface area (Å²) in [5.41, 5.74) is -0.686. The van der Waals surface area contributed by atoms with E-state index < -0.39 is 17.8 Å². The molecular formula is C14H18ClF3N2O2. The summed E-state index contributed by atoms with van der Waals surface area (Å²) in [5.74, 6) is -0.362. The summed E-state index contributed by atoms with van der Waals surface area (Å²) >= 11 is 0. The third kappa shape index (κ3) is 4.59. The quantitative estimate of drug-likeness (QED) is 0.887. The van der Waals surface area contributed by atoms with Crippen molar-refractivity contribution in [2.75, 3.05) is 13.2 Å². The van der Waals surface area contributed by atoms with E-state index in [1.807, 2.05) is 0 Å². The number of hydrogen-bond donors (Lipinski definition) is 2. The summed E-state index contributed by atoms with van der Waals surface area (Å²) in [6.45, 7) is 2.64. The Labute approximate surface area is 132 Å². The second kappa shape index (κ2) is 7.80. The number of ether oxygens (including phenoxy) is 1. The molecule has 1 amide bonds. The van der Waals surface area contributed by atoms with E-state index >= 15 is 0 Å². The number of benzene rings is 1. The van der Waals surface area contributed by atoms with Crippen LogP contribution in [0.15, 0.2) is 24.3 Å². The van der Waals surface area contributed by atoms with Crippen LogP contribution < -0.4 is 10.6 Å². The van der Waals surface area contributed by atoms with Crippen molar-refractivity contribution in [3.05, 3.63) is 35.4 Å². The van der Waals surface area contributed by atoms with Crippen molar-refractivity contribution in [1.29, 1.82) is 0 Å². The Hall–Kier alpha value is -1.31. The van der Waals surface area contributed by atoms with E-state index in [1.54, 1.807) is 6.92 Å². The number of amides is 1. The Balaban J connectivity index is 0.00000242. The van der Waals surface area contributed by atoms with Gasteiger partial charge in [0.05, 0.1) is 18.3 Å². The molecule has 0 saturated carbocycles. The third-order valence-corrected chi connectivity index (χ3v) is 3.37. The van der Waals surface area contributed by atoms with Gasteiger partial charge in [0.1, 0.15) is 6.04 Å². The van der Waals surface area contributed by atoms with Crippen molar-refractivity contribution in [3.63, 3.8) is 0 Å². The number of nitrogens with one attached hydrogen (secondary N) is 2. The lowest BCUT2D eigenvalue weighted by Crippen LogP contribution is -2.55. The first-order chi connectivity index (χ1) is 9.89. The van der Waals surface area contributed by atoms with E-state index in [2.05, 4.69) is 10.6 Å². The predicted molar refractivity (Wildman–Crippen MR) is 77.7 cm³/mol. The SMILES string of the molecule is C[C@H]1OCCN[C@@H]1C(=O)NCc1ccccc1C(F)(F)F.Cl. The molecule has 0 unspecified atom stereocenters. The fraction of sp³-hybridized carbons (Fsp3) is 0.500. The van der Waals surface area contributed by atoms with Crippen LogP contribution in [0.5, 0.6) is 0 Å². The van der Waals surface area contributed by atoms with Crippen molar-refractivity contribution in [1.82, 2.24) is 10.6 Å². The van der Waals surface area contributed by atoms with E-state index in [-0.39, 0.29) is 36.5 Å². The van der Waals surface area contributed by atoms with Gasteiger partial charge in [0, 0.05) is 13.1 Å². The average molecular weight is 339 g/mol. The maximum Gasteiger partial charge on any atom is 0.416 e. The third-order valence-electron chi connectivity index (χ3n) is 3.37. The molecule has 22 heavy (non-hydrogen) atoms. The minimum absolute atomic E-state index is 0. The van der Waals surface area contributed by atoms with Crippen LogP contribution in [0.25, 0.3) is 0 Å². The van der Waals surface area contributed by atoms with Gasteiger partial charge in [0.25, 0.3) is 0 Å².